The molecule has 0 heterocycles. The molecule has 0 aromatic carbocycles. The van der Waals surface area contributed by atoms with E-state index in [1.165, 1.54) is 51.5 Å². The Bertz CT molecular complexity index is 257. The SMILES string of the molecule is CC(C)N(CCO)CC1(CNC2CC2)CCCCC1. The summed E-state index contributed by atoms with van der Waals surface area (Å²) in [6, 6.07) is 1.34. The molecule has 3 heteroatoms. The zero-order valence-corrected chi connectivity index (χ0v) is 12.8. The van der Waals surface area contributed by atoms with Gasteiger partial charge in [-0.05, 0) is 44.9 Å². The summed E-state index contributed by atoms with van der Waals surface area (Å²) in [6.45, 7) is 7.95. The van der Waals surface area contributed by atoms with Gasteiger partial charge in [-0.3, -0.25) is 4.90 Å². The number of nitrogens with zero attached hydrogens (tertiary/aromatic N) is 1. The average Bonchev–Trinajstić information content (AvgIpc) is 3.21. The van der Waals surface area contributed by atoms with Crippen molar-refractivity contribution in [2.45, 2.75) is 70.9 Å². The van der Waals surface area contributed by atoms with Crippen LogP contribution in [-0.4, -0.2) is 48.3 Å². The van der Waals surface area contributed by atoms with Gasteiger partial charge in [-0.25, -0.2) is 0 Å². The fourth-order valence-electron chi connectivity index (χ4n) is 3.42. The number of aliphatic hydroxyl groups is 1. The van der Waals surface area contributed by atoms with Crippen LogP contribution in [0.15, 0.2) is 0 Å². The maximum Gasteiger partial charge on any atom is 0.0558 e. The minimum Gasteiger partial charge on any atom is -0.395 e. The average molecular weight is 268 g/mol. The highest BCUT2D eigenvalue weighted by molar-refractivity contribution is 4.92. The lowest BCUT2D eigenvalue weighted by Gasteiger charge is -2.42. The van der Waals surface area contributed by atoms with Gasteiger partial charge < -0.3 is 10.4 Å². The highest BCUT2D eigenvalue weighted by Crippen LogP contribution is 2.37. The molecule has 0 aliphatic heterocycles. The molecular weight excluding hydrogens is 236 g/mol. The molecule has 0 aromatic rings. The van der Waals surface area contributed by atoms with Crippen LogP contribution in [0.2, 0.25) is 0 Å². The Morgan fingerprint density at radius 1 is 1.21 bits per heavy atom. The van der Waals surface area contributed by atoms with Crippen LogP contribution in [0.1, 0.15) is 58.8 Å². The molecule has 2 aliphatic carbocycles. The van der Waals surface area contributed by atoms with Gasteiger partial charge >= 0.3 is 0 Å². The highest BCUT2D eigenvalue weighted by atomic mass is 16.3. The predicted octanol–water partition coefficient (Wildman–Crippen LogP) is 2.39. The Morgan fingerprint density at radius 2 is 1.89 bits per heavy atom. The molecule has 2 N–H and O–H groups in total. The molecule has 2 fully saturated rings. The first-order valence-corrected chi connectivity index (χ1v) is 8.23. The zero-order valence-electron chi connectivity index (χ0n) is 12.8. The van der Waals surface area contributed by atoms with Gasteiger partial charge in [-0.1, -0.05) is 19.3 Å². The first-order chi connectivity index (χ1) is 9.15. The Morgan fingerprint density at radius 3 is 2.42 bits per heavy atom. The standard InChI is InChI=1S/C16H32N2O/c1-14(2)18(10-11-19)13-16(8-4-3-5-9-16)12-17-15-6-7-15/h14-15,17,19H,3-13H2,1-2H3. The van der Waals surface area contributed by atoms with Crippen molar-refractivity contribution >= 4 is 0 Å². The molecule has 19 heavy (non-hydrogen) atoms. The lowest BCUT2D eigenvalue weighted by molar-refractivity contribution is 0.0699. The summed E-state index contributed by atoms with van der Waals surface area (Å²) in [5.74, 6) is 0. The van der Waals surface area contributed by atoms with Crippen molar-refractivity contribution in [2.75, 3.05) is 26.2 Å². The molecular formula is C16H32N2O. The quantitative estimate of drug-likeness (QED) is 0.709. The predicted molar refractivity (Wildman–Crippen MR) is 80.3 cm³/mol. The van der Waals surface area contributed by atoms with Crippen molar-refractivity contribution in [2.24, 2.45) is 5.41 Å². The smallest absolute Gasteiger partial charge is 0.0558 e. The fraction of sp³-hybridized carbons (Fsp3) is 1.00. The van der Waals surface area contributed by atoms with Crippen LogP contribution in [-0.2, 0) is 0 Å². The third-order valence-electron chi connectivity index (χ3n) is 4.91. The molecule has 0 aromatic heterocycles. The van der Waals surface area contributed by atoms with E-state index >= 15 is 0 Å². The fourth-order valence-corrected chi connectivity index (χ4v) is 3.42. The van der Waals surface area contributed by atoms with Crippen LogP contribution >= 0.6 is 0 Å². The second kappa shape index (κ2) is 7.05. The van der Waals surface area contributed by atoms with Gasteiger partial charge in [0.15, 0.2) is 0 Å². The van der Waals surface area contributed by atoms with Crippen molar-refractivity contribution in [3.63, 3.8) is 0 Å². The highest BCUT2D eigenvalue weighted by Gasteiger charge is 2.35. The molecule has 3 nitrogen and oxygen atoms in total. The van der Waals surface area contributed by atoms with Gasteiger partial charge in [0.05, 0.1) is 6.61 Å². The Balaban J connectivity index is 1.93. The largest absolute Gasteiger partial charge is 0.395 e. The molecule has 0 atom stereocenters. The van der Waals surface area contributed by atoms with Crippen LogP contribution in [0.4, 0.5) is 0 Å². The van der Waals surface area contributed by atoms with Gasteiger partial charge in [-0.15, -0.1) is 0 Å². The summed E-state index contributed by atoms with van der Waals surface area (Å²) >= 11 is 0. The van der Waals surface area contributed by atoms with E-state index in [1.54, 1.807) is 0 Å². The first-order valence-electron chi connectivity index (χ1n) is 8.23. The van der Waals surface area contributed by atoms with E-state index < -0.39 is 0 Å². The van der Waals surface area contributed by atoms with E-state index in [-0.39, 0.29) is 6.61 Å². The van der Waals surface area contributed by atoms with Crippen molar-refractivity contribution in [1.29, 1.82) is 0 Å². The number of hydrogen-bond acceptors (Lipinski definition) is 3. The second-order valence-corrected chi connectivity index (χ2v) is 7.00. The van der Waals surface area contributed by atoms with Gasteiger partial charge in [0, 0.05) is 31.7 Å². The normalized spacial score (nSPS) is 23.2. The monoisotopic (exact) mass is 268 g/mol. The molecule has 0 bridgehead atoms. The zero-order chi connectivity index (χ0) is 13.7. The number of rotatable bonds is 8. The molecule has 2 aliphatic rings. The molecule has 2 saturated carbocycles. The lowest BCUT2D eigenvalue weighted by Crippen LogP contribution is -2.48. The van der Waals surface area contributed by atoms with Crippen LogP contribution < -0.4 is 5.32 Å². The number of hydrogen-bond donors (Lipinski definition) is 2. The Kier molecular flexibility index (Phi) is 5.67. The Hall–Kier alpha value is -0.120. The summed E-state index contributed by atoms with van der Waals surface area (Å²) in [6.07, 6.45) is 9.66. The summed E-state index contributed by atoms with van der Waals surface area (Å²) in [4.78, 5) is 2.47. The minimum absolute atomic E-state index is 0.282. The third kappa shape index (κ3) is 4.73. The third-order valence-corrected chi connectivity index (χ3v) is 4.91. The van der Waals surface area contributed by atoms with E-state index in [0.29, 0.717) is 11.5 Å². The van der Waals surface area contributed by atoms with Crippen molar-refractivity contribution in [3.8, 4) is 0 Å². The molecule has 0 spiro atoms. The molecule has 112 valence electrons. The summed E-state index contributed by atoms with van der Waals surface area (Å²) in [7, 11) is 0. The number of aliphatic hydroxyl groups excluding tert-OH is 1. The molecule has 2 rings (SSSR count). The Labute approximate surface area is 118 Å². The van der Waals surface area contributed by atoms with Crippen LogP contribution in [0.3, 0.4) is 0 Å². The topological polar surface area (TPSA) is 35.5 Å². The molecule has 0 unspecified atom stereocenters. The maximum absolute atomic E-state index is 9.27. The van der Waals surface area contributed by atoms with E-state index in [1.807, 2.05) is 0 Å². The van der Waals surface area contributed by atoms with Gasteiger partial charge in [0.2, 0.25) is 0 Å². The number of nitrogens with one attached hydrogen (secondary N) is 1. The first kappa shape index (κ1) is 15.3. The summed E-state index contributed by atoms with van der Waals surface area (Å²) < 4.78 is 0. The van der Waals surface area contributed by atoms with Gasteiger partial charge in [0.25, 0.3) is 0 Å². The van der Waals surface area contributed by atoms with Gasteiger partial charge in [-0.2, -0.15) is 0 Å². The molecule has 0 saturated heterocycles. The summed E-state index contributed by atoms with van der Waals surface area (Å²) in [5.41, 5.74) is 0.459. The molecule has 0 amide bonds. The van der Waals surface area contributed by atoms with E-state index in [0.717, 1.165) is 19.1 Å². The van der Waals surface area contributed by atoms with Crippen LogP contribution in [0.5, 0.6) is 0 Å². The van der Waals surface area contributed by atoms with Crippen molar-refractivity contribution in [1.82, 2.24) is 10.2 Å². The molecule has 0 radical (unpaired) electrons. The van der Waals surface area contributed by atoms with Crippen molar-refractivity contribution in [3.05, 3.63) is 0 Å². The van der Waals surface area contributed by atoms with Crippen LogP contribution in [0, 0.1) is 5.41 Å². The van der Waals surface area contributed by atoms with E-state index in [2.05, 4.69) is 24.1 Å². The lowest BCUT2D eigenvalue weighted by atomic mass is 9.73. The maximum atomic E-state index is 9.27. The van der Waals surface area contributed by atoms with E-state index in [4.69, 9.17) is 0 Å². The van der Waals surface area contributed by atoms with Crippen molar-refractivity contribution < 1.29 is 5.11 Å². The van der Waals surface area contributed by atoms with Crippen LogP contribution in [0.25, 0.3) is 0 Å². The summed E-state index contributed by atoms with van der Waals surface area (Å²) in [5, 5.41) is 13.0. The van der Waals surface area contributed by atoms with E-state index in [9.17, 15) is 5.11 Å². The van der Waals surface area contributed by atoms with Gasteiger partial charge in [0.1, 0.15) is 0 Å². The minimum atomic E-state index is 0.282. The second-order valence-electron chi connectivity index (χ2n) is 7.00.